The Labute approximate surface area is 154 Å². The molecule has 0 aliphatic carbocycles. The topological polar surface area (TPSA) is 147 Å². The van der Waals surface area contributed by atoms with E-state index in [9.17, 15) is 4.79 Å². The lowest BCUT2D eigenvalue weighted by atomic mass is 10.1. The summed E-state index contributed by atoms with van der Waals surface area (Å²) in [5.74, 6) is 0.816. The Hall–Kier alpha value is -3.87. The molecule has 3 rings (SSSR count). The van der Waals surface area contributed by atoms with Gasteiger partial charge in [-0.3, -0.25) is 14.8 Å². The smallest absolute Gasteiger partial charge is 0.277 e. The molecule has 3 aromatic rings. The predicted octanol–water partition coefficient (Wildman–Crippen LogP) is 1.05. The molecule has 2 heterocycles. The Morgan fingerprint density at radius 1 is 1.52 bits per heavy atom. The highest BCUT2D eigenvalue weighted by molar-refractivity contribution is 5.84. The van der Waals surface area contributed by atoms with Gasteiger partial charge in [0.25, 0.3) is 5.56 Å². The molecule has 0 atom stereocenters. The van der Waals surface area contributed by atoms with Crippen LogP contribution in [0.3, 0.4) is 0 Å². The first-order valence-electron chi connectivity index (χ1n) is 8.14. The molecule has 4 N–H and O–H groups in total. The maximum absolute atomic E-state index is 12.5. The molecule has 1 aromatic carbocycles. The van der Waals surface area contributed by atoms with E-state index in [1.807, 2.05) is 6.92 Å². The Morgan fingerprint density at radius 3 is 3.00 bits per heavy atom. The van der Waals surface area contributed by atoms with Crippen LogP contribution < -0.4 is 21.3 Å². The van der Waals surface area contributed by atoms with Gasteiger partial charge in [-0.25, -0.2) is 9.98 Å². The molecule has 2 aromatic heterocycles. The second-order valence-electron chi connectivity index (χ2n) is 5.67. The van der Waals surface area contributed by atoms with E-state index in [1.54, 1.807) is 38.4 Å². The monoisotopic (exact) mass is 366 g/mol. The van der Waals surface area contributed by atoms with Crippen molar-refractivity contribution in [3.63, 3.8) is 0 Å². The number of guanidine groups is 1. The number of hydrogen-bond acceptors (Lipinski definition) is 6. The van der Waals surface area contributed by atoms with E-state index in [0.29, 0.717) is 46.2 Å². The molecular formula is C17H18N8O2. The summed E-state index contributed by atoms with van der Waals surface area (Å²) in [5, 5.41) is 15.1. The zero-order chi connectivity index (χ0) is 19.6. The summed E-state index contributed by atoms with van der Waals surface area (Å²) in [5.41, 5.74) is 7.89. The summed E-state index contributed by atoms with van der Waals surface area (Å²) in [6, 6.07) is 5.07. The van der Waals surface area contributed by atoms with Gasteiger partial charge in [0.05, 0.1) is 23.6 Å². The molecule has 0 aliphatic rings. The van der Waals surface area contributed by atoms with Crippen LogP contribution in [0, 0.1) is 18.4 Å². The first-order chi connectivity index (χ1) is 12.9. The highest BCUT2D eigenvalue weighted by Gasteiger charge is 2.16. The van der Waals surface area contributed by atoms with Crippen molar-refractivity contribution in [3.05, 3.63) is 34.2 Å². The van der Waals surface area contributed by atoms with Crippen LogP contribution in [-0.2, 0) is 7.05 Å². The third kappa shape index (κ3) is 3.43. The van der Waals surface area contributed by atoms with Crippen molar-refractivity contribution in [1.29, 1.82) is 5.26 Å². The molecular weight excluding hydrogens is 348 g/mol. The number of nitrogens with zero attached hydrogens (tertiary/aromatic N) is 5. The molecule has 0 saturated carbocycles. The van der Waals surface area contributed by atoms with Gasteiger partial charge >= 0.3 is 0 Å². The lowest BCUT2D eigenvalue weighted by molar-refractivity contribution is 0.341. The lowest BCUT2D eigenvalue weighted by Gasteiger charge is -2.11. The van der Waals surface area contributed by atoms with Crippen LogP contribution in [0.1, 0.15) is 12.6 Å². The van der Waals surface area contributed by atoms with Gasteiger partial charge in [0.1, 0.15) is 17.1 Å². The normalized spacial score (nSPS) is 11.4. The van der Waals surface area contributed by atoms with E-state index < -0.39 is 0 Å². The molecule has 0 bridgehead atoms. The van der Waals surface area contributed by atoms with Gasteiger partial charge in [0, 0.05) is 7.05 Å². The van der Waals surface area contributed by atoms with Crippen LogP contribution in [0.25, 0.3) is 22.4 Å². The number of H-pyrrole nitrogens is 1. The van der Waals surface area contributed by atoms with E-state index in [1.165, 1.54) is 4.68 Å². The number of nitrogens with two attached hydrogens (primary N) is 1. The minimum absolute atomic E-state index is 0.0485. The first kappa shape index (κ1) is 17.9. The second-order valence-corrected chi connectivity index (χ2v) is 5.67. The van der Waals surface area contributed by atoms with Crippen molar-refractivity contribution >= 4 is 22.7 Å². The van der Waals surface area contributed by atoms with Crippen molar-refractivity contribution < 1.29 is 4.74 Å². The number of aliphatic imine (C=N–C) groups is 1. The van der Waals surface area contributed by atoms with Crippen LogP contribution >= 0.6 is 0 Å². The fourth-order valence-electron chi connectivity index (χ4n) is 2.75. The number of rotatable bonds is 4. The van der Waals surface area contributed by atoms with E-state index in [2.05, 4.69) is 25.4 Å². The Morgan fingerprint density at radius 2 is 2.30 bits per heavy atom. The number of nitrogens with one attached hydrogen (secondary N) is 2. The fraction of sp³-hybridized carbons (Fsp3) is 0.235. The van der Waals surface area contributed by atoms with Crippen LogP contribution in [0.15, 0.2) is 28.0 Å². The molecule has 10 heteroatoms. The van der Waals surface area contributed by atoms with Gasteiger partial charge in [0.15, 0.2) is 11.7 Å². The van der Waals surface area contributed by atoms with Crippen molar-refractivity contribution in [2.75, 3.05) is 6.61 Å². The van der Waals surface area contributed by atoms with E-state index in [0.717, 1.165) is 0 Å². The zero-order valence-electron chi connectivity index (χ0n) is 15.1. The highest BCUT2D eigenvalue weighted by atomic mass is 16.5. The third-order valence-electron chi connectivity index (χ3n) is 3.81. The molecule has 27 heavy (non-hydrogen) atoms. The van der Waals surface area contributed by atoms with Gasteiger partial charge in [0.2, 0.25) is 5.96 Å². The fourth-order valence-corrected chi connectivity index (χ4v) is 2.75. The van der Waals surface area contributed by atoms with Crippen LogP contribution in [0.5, 0.6) is 5.75 Å². The van der Waals surface area contributed by atoms with E-state index in [-0.39, 0.29) is 11.5 Å². The summed E-state index contributed by atoms with van der Waals surface area (Å²) in [6.07, 6.45) is 1.70. The van der Waals surface area contributed by atoms with Crippen molar-refractivity contribution in [2.45, 2.75) is 13.8 Å². The maximum atomic E-state index is 12.5. The minimum atomic E-state index is -0.305. The van der Waals surface area contributed by atoms with Crippen LogP contribution in [0.2, 0.25) is 0 Å². The maximum Gasteiger partial charge on any atom is 0.277 e. The summed E-state index contributed by atoms with van der Waals surface area (Å²) >= 11 is 0. The predicted molar refractivity (Wildman–Crippen MR) is 101 cm³/mol. The number of hydrogen-bond donors (Lipinski definition) is 3. The van der Waals surface area contributed by atoms with Crippen molar-refractivity contribution in [3.8, 4) is 23.3 Å². The number of aromatic nitrogens is 4. The Kier molecular flexibility index (Phi) is 4.76. The number of ether oxygens (including phenoxy) is 1. The molecule has 0 aliphatic heterocycles. The third-order valence-corrected chi connectivity index (χ3v) is 3.81. The zero-order valence-corrected chi connectivity index (χ0v) is 15.1. The molecule has 138 valence electrons. The quantitative estimate of drug-likeness (QED) is 0.270. The second kappa shape index (κ2) is 7.17. The van der Waals surface area contributed by atoms with Gasteiger partial charge in [-0.15, -0.1) is 0 Å². The van der Waals surface area contributed by atoms with Gasteiger partial charge < -0.3 is 15.5 Å². The molecule has 0 fully saturated rings. The van der Waals surface area contributed by atoms with Crippen LogP contribution in [-0.4, -0.2) is 32.3 Å². The van der Waals surface area contributed by atoms with E-state index in [4.69, 9.17) is 15.7 Å². The summed E-state index contributed by atoms with van der Waals surface area (Å²) in [4.78, 5) is 24.0. The summed E-state index contributed by atoms with van der Waals surface area (Å²) in [6.45, 7) is 4.08. The van der Waals surface area contributed by atoms with Crippen LogP contribution in [0.4, 0.5) is 5.69 Å². The standard InChI is InChI=1S/C17H18N8O2/c1-4-27-12-6-5-10(21-17(19)20-8-18)7-11(12)15-22-13-9(2)24-25(3)14(13)16(26)23-15/h5-7H,4H2,1-3H3,(H3,19,20,21)(H,22,23,26). The molecule has 0 radical (unpaired) electrons. The number of aryl methyl sites for hydroxylation is 2. The minimum Gasteiger partial charge on any atom is -0.493 e. The van der Waals surface area contributed by atoms with Crippen molar-refractivity contribution in [2.24, 2.45) is 17.8 Å². The number of nitriles is 1. The van der Waals surface area contributed by atoms with E-state index >= 15 is 0 Å². The van der Waals surface area contributed by atoms with Crippen molar-refractivity contribution in [1.82, 2.24) is 25.1 Å². The molecule has 0 saturated heterocycles. The number of benzene rings is 1. The molecule has 0 unspecified atom stereocenters. The first-order valence-corrected chi connectivity index (χ1v) is 8.14. The summed E-state index contributed by atoms with van der Waals surface area (Å²) in [7, 11) is 1.69. The average Bonchev–Trinajstić information content (AvgIpc) is 2.91. The largest absolute Gasteiger partial charge is 0.493 e. The average molecular weight is 366 g/mol. The molecule has 0 spiro atoms. The molecule has 10 nitrogen and oxygen atoms in total. The Balaban J connectivity index is 2.21. The Bertz CT molecular complexity index is 1140. The van der Waals surface area contributed by atoms with Gasteiger partial charge in [-0.1, -0.05) is 0 Å². The lowest BCUT2D eigenvalue weighted by Crippen LogP contribution is -2.26. The summed E-state index contributed by atoms with van der Waals surface area (Å²) < 4.78 is 7.15. The highest BCUT2D eigenvalue weighted by Crippen LogP contribution is 2.32. The number of aromatic amines is 1. The van der Waals surface area contributed by atoms with Gasteiger partial charge in [-0.05, 0) is 32.0 Å². The SMILES string of the molecule is CCOc1ccc(N=C(N)NC#N)cc1-c1nc2c(C)nn(C)c2c(=O)[nH]1. The number of fused-ring (bicyclic) bond motifs is 1. The molecule has 0 amide bonds. The van der Waals surface area contributed by atoms with Gasteiger partial charge in [-0.2, -0.15) is 10.4 Å².